The number of hydrogen-bond donors (Lipinski definition) is 1. The van der Waals surface area contributed by atoms with E-state index in [-0.39, 0.29) is 11.9 Å². The van der Waals surface area contributed by atoms with Gasteiger partial charge in [-0.3, -0.25) is 0 Å². The van der Waals surface area contributed by atoms with Crippen molar-refractivity contribution in [2.45, 2.75) is 13.0 Å². The molecule has 5 heteroatoms. The molecule has 0 amide bonds. The van der Waals surface area contributed by atoms with Gasteiger partial charge >= 0.3 is 0 Å². The summed E-state index contributed by atoms with van der Waals surface area (Å²) in [6, 6.07) is 10.3. The Morgan fingerprint density at radius 1 is 1.24 bits per heavy atom. The highest BCUT2D eigenvalue weighted by Gasteiger charge is 2.16. The van der Waals surface area contributed by atoms with Crippen LogP contribution >= 0.6 is 27.5 Å². The van der Waals surface area contributed by atoms with Gasteiger partial charge in [-0.2, -0.15) is 0 Å². The second-order valence-corrected chi connectivity index (χ2v) is 5.91. The van der Waals surface area contributed by atoms with Crippen LogP contribution in [0.4, 0.5) is 4.39 Å². The fourth-order valence-corrected chi connectivity index (χ4v) is 2.99. The molecule has 2 nitrogen and oxygen atoms in total. The molecule has 1 unspecified atom stereocenters. The Kier molecular flexibility index (Phi) is 5.62. The van der Waals surface area contributed by atoms with Crippen molar-refractivity contribution >= 4 is 27.5 Å². The standard InChI is InChI=1S/C16H16BrClFNO/c1-3-20-16(11-6-12(17)9-13(19)7-11)10-4-5-15(21-2)14(18)8-10/h4-9,16,20H,3H2,1-2H3. The van der Waals surface area contributed by atoms with E-state index in [9.17, 15) is 4.39 Å². The van der Waals surface area contributed by atoms with E-state index in [1.807, 2.05) is 31.2 Å². The molecular formula is C16H16BrClFNO. The monoisotopic (exact) mass is 371 g/mol. The van der Waals surface area contributed by atoms with Gasteiger partial charge in [-0.15, -0.1) is 0 Å². The van der Waals surface area contributed by atoms with Gasteiger partial charge in [0.15, 0.2) is 0 Å². The maximum atomic E-state index is 13.6. The zero-order valence-corrected chi connectivity index (χ0v) is 14.1. The smallest absolute Gasteiger partial charge is 0.137 e. The second kappa shape index (κ2) is 7.25. The first-order valence-electron chi connectivity index (χ1n) is 6.58. The Labute approximate surface area is 137 Å². The molecule has 1 atom stereocenters. The normalized spacial score (nSPS) is 12.2. The van der Waals surface area contributed by atoms with Crippen molar-refractivity contribution in [1.82, 2.24) is 5.32 Å². The summed E-state index contributed by atoms with van der Waals surface area (Å²) in [4.78, 5) is 0. The van der Waals surface area contributed by atoms with Crippen LogP contribution in [0.3, 0.4) is 0 Å². The Hall–Kier alpha value is -1.10. The van der Waals surface area contributed by atoms with Gasteiger partial charge in [0.05, 0.1) is 18.2 Å². The number of methoxy groups -OCH3 is 1. The Morgan fingerprint density at radius 2 is 2.00 bits per heavy atom. The summed E-state index contributed by atoms with van der Waals surface area (Å²) in [5.41, 5.74) is 1.80. The highest BCUT2D eigenvalue weighted by atomic mass is 79.9. The van der Waals surface area contributed by atoms with E-state index in [0.29, 0.717) is 15.2 Å². The lowest BCUT2D eigenvalue weighted by molar-refractivity contribution is 0.414. The van der Waals surface area contributed by atoms with E-state index in [0.717, 1.165) is 17.7 Å². The average Bonchev–Trinajstić information content (AvgIpc) is 2.43. The lowest BCUT2D eigenvalue weighted by Gasteiger charge is -2.20. The van der Waals surface area contributed by atoms with Gasteiger partial charge < -0.3 is 10.1 Å². The third-order valence-electron chi connectivity index (χ3n) is 3.14. The maximum absolute atomic E-state index is 13.6. The van der Waals surface area contributed by atoms with Gasteiger partial charge in [-0.05, 0) is 48.0 Å². The molecule has 1 N–H and O–H groups in total. The topological polar surface area (TPSA) is 21.3 Å². The predicted octanol–water partition coefficient (Wildman–Crippen LogP) is 4.95. The van der Waals surface area contributed by atoms with E-state index in [4.69, 9.17) is 16.3 Å². The van der Waals surface area contributed by atoms with Crippen LogP contribution < -0.4 is 10.1 Å². The number of hydrogen-bond acceptors (Lipinski definition) is 2. The summed E-state index contributed by atoms with van der Waals surface area (Å²) in [6.45, 7) is 2.76. The van der Waals surface area contributed by atoms with Crippen LogP contribution in [-0.4, -0.2) is 13.7 Å². The molecular weight excluding hydrogens is 357 g/mol. The van der Waals surface area contributed by atoms with Crippen molar-refractivity contribution < 1.29 is 9.13 Å². The van der Waals surface area contributed by atoms with Gasteiger partial charge in [-0.1, -0.05) is 40.5 Å². The molecule has 0 fully saturated rings. The van der Waals surface area contributed by atoms with Gasteiger partial charge in [0.1, 0.15) is 11.6 Å². The quantitative estimate of drug-likeness (QED) is 0.802. The molecule has 0 aromatic heterocycles. The number of ether oxygens (including phenoxy) is 1. The summed E-state index contributed by atoms with van der Waals surface area (Å²) in [5.74, 6) is 0.345. The second-order valence-electron chi connectivity index (χ2n) is 4.59. The van der Waals surface area contributed by atoms with Crippen LogP contribution in [0.1, 0.15) is 24.1 Å². The zero-order chi connectivity index (χ0) is 15.4. The van der Waals surface area contributed by atoms with Gasteiger partial charge in [0, 0.05) is 4.47 Å². The fraction of sp³-hybridized carbons (Fsp3) is 0.250. The first-order valence-corrected chi connectivity index (χ1v) is 7.75. The molecule has 2 rings (SSSR count). The molecule has 0 heterocycles. The molecule has 112 valence electrons. The lowest BCUT2D eigenvalue weighted by atomic mass is 9.98. The Morgan fingerprint density at radius 3 is 2.57 bits per heavy atom. The molecule has 0 aliphatic carbocycles. The van der Waals surface area contributed by atoms with E-state index in [2.05, 4.69) is 21.2 Å². The predicted molar refractivity (Wildman–Crippen MR) is 87.6 cm³/mol. The Balaban J connectivity index is 2.45. The van der Waals surface area contributed by atoms with Gasteiger partial charge in [0.25, 0.3) is 0 Å². The third-order valence-corrected chi connectivity index (χ3v) is 3.89. The molecule has 0 bridgehead atoms. The molecule has 0 radical (unpaired) electrons. The van der Waals surface area contributed by atoms with Crippen molar-refractivity contribution in [3.05, 3.63) is 62.8 Å². The first kappa shape index (κ1) is 16.3. The number of halogens is 3. The first-order chi connectivity index (χ1) is 10.0. The van der Waals surface area contributed by atoms with Crippen molar-refractivity contribution in [1.29, 1.82) is 0 Å². The molecule has 21 heavy (non-hydrogen) atoms. The summed E-state index contributed by atoms with van der Waals surface area (Å²) in [5, 5.41) is 3.88. The number of benzene rings is 2. The summed E-state index contributed by atoms with van der Waals surface area (Å²) in [7, 11) is 1.58. The minimum Gasteiger partial charge on any atom is -0.495 e. The zero-order valence-electron chi connectivity index (χ0n) is 11.8. The summed E-state index contributed by atoms with van der Waals surface area (Å²) >= 11 is 9.52. The van der Waals surface area contributed by atoms with E-state index < -0.39 is 0 Å². The van der Waals surface area contributed by atoms with Crippen LogP contribution in [0.5, 0.6) is 5.75 Å². The minimum absolute atomic E-state index is 0.134. The Bertz CT molecular complexity index is 615. The van der Waals surface area contributed by atoms with Gasteiger partial charge in [-0.25, -0.2) is 4.39 Å². The molecule has 0 saturated carbocycles. The molecule has 2 aromatic carbocycles. The van der Waals surface area contributed by atoms with Crippen LogP contribution in [0.2, 0.25) is 5.02 Å². The van der Waals surface area contributed by atoms with E-state index >= 15 is 0 Å². The minimum atomic E-state index is -0.276. The number of rotatable bonds is 5. The lowest BCUT2D eigenvalue weighted by Crippen LogP contribution is -2.22. The van der Waals surface area contributed by atoms with Crippen molar-refractivity contribution in [3.8, 4) is 5.75 Å². The third kappa shape index (κ3) is 3.96. The van der Waals surface area contributed by atoms with Crippen molar-refractivity contribution in [2.75, 3.05) is 13.7 Å². The fourth-order valence-electron chi connectivity index (χ4n) is 2.24. The van der Waals surface area contributed by atoms with Crippen molar-refractivity contribution in [3.63, 3.8) is 0 Å². The molecule has 2 aromatic rings. The van der Waals surface area contributed by atoms with Gasteiger partial charge in [0.2, 0.25) is 0 Å². The average molecular weight is 373 g/mol. The van der Waals surface area contributed by atoms with Crippen molar-refractivity contribution in [2.24, 2.45) is 0 Å². The molecule has 0 aliphatic heterocycles. The SMILES string of the molecule is CCNC(c1cc(F)cc(Br)c1)c1ccc(OC)c(Cl)c1. The van der Waals surface area contributed by atoms with Crippen LogP contribution in [0, 0.1) is 5.82 Å². The van der Waals surface area contributed by atoms with Crippen LogP contribution in [0.25, 0.3) is 0 Å². The molecule has 0 saturated heterocycles. The number of nitrogens with one attached hydrogen (secondary N) is 1. The van der Waals surface area contributed by atoms with E-state index in [1.165, 1.54) is 12.1 Å². The molecule has 0 spiro atoms. The summed E-state index contributed by atoms with van der Waals surface area (Å²) < 4.78 is 19.5. The highest BCUT2D eigenvalue weighted by Crippen LogP contribution is 2.31. The van der Waals surface area contributed by atoms with Crippen LogP contribution in [0.15, 0.2) is 40.9 Å². The molecule has 0 aliphatic rings. The summed E-state index contributed by atoms with van der Waals surface area (Å²) in [6.07, 6.45) is 0. The maximum Gasteiger partial charge on any atom is 0.137 e. The van der Waals surface area contributed by atoms with E-state index in [1.54, 1.807) is 7.11 Å². The largest absolute Gasteiger partial charge is 0.495 e. The van der Waals surface area contributed by atoms with Crippen LogP contribution in [-0.2, 0) is 0 Å². The highest BCUT2D eigenvalue weighted by molar-refractivity contribution is 9.10.